The molecule has 1 aliphatic rings. The van der Waals surface area contributed by atoms with E-state index in [-0.39, 0.29) is 17.7 Å². The van der Waals surface area contributed by atoms with E-state index in [9.17, 15) is 4.79 Å². The number of hydrogen-bond donors (Lipinski definition) is 2. The summed E-state index contributed by atoms with van der Waals surface area (Å²) >= 11 is 6.45. The molecular weight excluding hydrogens is 464 g/mol. The second-order valence-electron chi connectivity index (χ2n) is 8.88. The van der Waals surface area contributed by atoms with Crippen LogP contribution in [-0.2, 0) is 24.2 Å². The van der Waals surface area contributed by atoms with Crippen LogP contribution in [-0.4, -0.2) is 46.6 Å². The number of halogens is 1. The van der Waals surface area contributed by atoms with Gasteiger partial charge in [0, 0.05) is 48.4 Å². The van der Waals surface area contributed by atoms with Crippen molar-refractivity contribution < 1.29 is 13.9 Å². The van der Waals surface area contributed by atoms with Crippen molar-refractivity contribution in [3.05, 3.63) is 88.7 Å². The molecule has 1 unspecified atom stereocenters. The number of oxazole rings is 1. The number of carbonyl (C=O) groups excluding carboxylic acids is 1. The number of nitrogens with one attached hydrogen (secondary N) is 2. The number of ether oxygens (including phenoxy) is 1. The number of rotatable bonds is 10. The van der Waals surface area contributed by atoms with Gasteiger partial charge in [-0.25, -0.2) is 4.98 Å². The highest BCUT2D eigenvalue weighted by molar-refractivity contribution is 6.31. The molecule has 35 heavy (non-hydrogen) atoms. The minimum atomic E-state index is -0.244. The van der Waals surface area contributed by atoms with Gasteiger partial charge in [-0.1, -0.05) is 48.0 Å². The van der Waals surface area contributed by atoms with Crippen molar-refractivity contribution in [3.63, 3.8) is 0 Å². The van der Waals surface area contributed by atoms with Crippen molar-refractivity contribution in [2.75, 3.05) is 19.7 Å². The highest BCUT2D eigenvalue weighted by Crippen LogP contribution is 2.21. The van der Waals surface area contributed by atoms with E-state index in [0.29, 0.717) is 25.5 Å². The lowest BCUT2D eigenvalue weighted by molar-refractivity contribution is 0.0853. The SMILES string of the molecule is O=C(NCC1CCCO1)c1coc(CN(CCc2c[nH]c3ccccc23)Cc2ccccc2Cl)n1. The van der Waals surface area contributed by atoms with Gasteiger partial charge in [0.15, 0.2) is 5.69 Å². The Bertz CT molecular complexity index is 1280. The third kappa shape index (κ3) is 5.93. The molecule has 1 atom stereocenters. The first-order chi connectivity index (χ1) is 17.2. The van der Waals surface area contributed by atoms with Gasteiger partial charge in [-0.05, 0) is 42.5 Å². The summed E-state index contributed by atoms with van der Waals surface area (Å²) in [6, 6.07) is 16.1. The summed E-state index contributed by atoms with van der Waals surface area (Å²) in [6.07, 6.45) is 6.44. The summed E-state index contributed by atoms with van der Waals surface area (Å²) in [5.41, 5.74) is 3.71. The van der Waals surface area contributed by atoms with Crippen molar-refractivity contribution in [1.82, 2.24) is 20.2 Å². The highest BCUT2D eigenvalue weighted by atomic mass is 35.5. The van der Waals surface area contributed by atoms with Crippen LogP contribution in [0.15, 0.2) is 65.4 Å². The molecule has 3 heterocycles. The van der Waals surface area contributed by atoms with Gasteiger partial charge in [0.2, 0.25) is 5.89 Å². The lowest BCUT2D eigenvalue weighted by Gasteiger charge is -2.21. The minimum Gasteiger partial charge on any atom is -0.447 e. The van der Waals surface area contributed by atoms with Crippen LogP contribution in [0, 0.1) is 0 Å². The highest BCUT2D eigenvalue weighted by Gasteiger charge is 2.20. The number of aromatic nitrogens is 2. The molecule has 0 saturated carbocycles. The zero-order chi connectivity index (χ0) is 24.0. The van der Waals surface area contributed by atoms with Crippen LogP contribution in [0.25, 0.3) is 10.9 Å². The van der Waals surface area contributed by atoms with Crippen LogP contribution in [0.3, 0.4) is 0 Å². The van der Waals surface area contributed by atoms with Crippen LogP contribution in [0.1, 0.15) is 40.3 Å². The van der Waals surface area contributed by atoms with Gasteiger partial charge >= 0.3 is 0 Å². The molecule has 7 nitrogen and oxygen atoms in total. The molecule has 2 aromatic carbocycles. The molecule has 0 spiro atoms. The number of fused-ring (bicyclic) bond motifs is 1. The van der Waals surface area contributed by atoms with E-state index in [0.717, 1.165) is 48.5 Å². The number of H-pyrrole nitrogens is 1. The van der Waals surface area contributed by atoms with Crippen LogP contribution in [0.2, 0.25) is 5.02 Å². The first-order valence-electron chi connectivity index (χ1n) is 12.0. The summed E-state index contributed by atoms with van der Waals surface area (Å²) in [7, 11) is 0. The van der Waals surface area contributed by atoms with Crippen molar-refractivity contribution in [1.29, 1.82) is 0 Å². The third-order valence-electron chi connectivity index (χ3n) is 6.38. The average molecular weight is 493 g/mol. The number of benzene rings is 2. The molecule has 0 radical (unpaired) electrons. The molecule has 8 heteroatoms. The van der Waals surface area contributed by atoms with Gasteiger partial charge < -0.3 is 19.5 Å². The zero-order valence-electron chi connectivity index (χ0n) is 19.5. The number of carbonyl (C=O) groups is 1. The largest absolute Gasteiger partial charge is 0.447 e. The van der Waals surface area contributed by atoms with E-state index in [1.54, 1.807) is 0 Å². The van der Waals surface area contributed by atoms with Crippen LogP contribution >= 0.6 is 11.6 Å². The minimum absolute atomic E-state index is 0.0842. The summed E-state index contributed by atoms with van der Waals surface area (Å²) in [4.78, 5) is 22.6. The Morgan fingerprint density at radius 1 is 1.14 bits per heavy atom. The fourth-order valence-electron chi connectivity index (χ4n) is 4.48. The first-order valence-corrected chi connectivity index (χ1v) is 12.4. The van der Waals surface area contributed by atoms with Gasteiger partial charge in [0.1, 0.15) is 6.26 Å². The molecule has 2 aromatic heterocycles. The Hall–Kier alpha value is -3.13. The van der Waals surface area contributed by atoms with Crippen molar-refractivity contribution in [3.8, 4) is 0 Å². The maximum Gasteiger partial charge on any atom is 0.273 e. The van der Waals surface area contributed by atoms with Crippen LogP contribution in [0.5, 0.6) is 0 Å². The molecule has 0 aliphatic carbocycles. The second-order valence-corrected chi connectivity index (χ2v) is 9.29. The lowest BCUT2D eigenvalue weighted by Crippen LogP contribution is -2.32. The topological polar surface area (TPSA) is 83.4 Å². The normalized spacial score (nSPS) is 15.8. The predicted octanol–water partition coefficient (Wildman–Crippen LogP) is 4.96. The Kier molecular flexibility index (Phi) is 7.47. The molecule has 0 bridgehead atoms. The van der Waals surface area contributed by atoms with Crippen molar-refractivity contribution in [2.45, 2.75) is 38.5 Å². The third-order valence-corrected chi connectivity index (χ3v) is 6.75. The van der Waals surface area contributed by atoms with Gasteiger partial charge in [-0.15, -0.1) is 0 Å². The van der Waals surface area contributed by atoms with Gasteiger partial charge in [0.25, 0.3) is 5.91 Å². The average Bonchev–Trinajstić information content (AvgIpc) is 3.64. The standard InChI is InChI=1S/C27H29ClN4O3/c28-23-9-3-1-6-20(23)16-32(12-11-19-14-29-24-10-4-2-8-22(19)24)17-26-31-25(18-35-26)27(33)30-15-21-7-5-13-34-21/h1-4,6,8-10,14,18,21,29H,5,7,11-13,15-17H2,(H,30,33). The molecular formula is C27H29ClN4O3. The number of aromatic amines is 1. The Labute approximate surface area is 209 Å². The molecule has 1 fully saturated rings. The summed E-state index contributed by atoms with van der Waals surface area (Å²) in [5.74, 6) is 0.255. The van der Waals surface area contributed by atoms with Gasteiger partial charge in [-0.2, -0.15) is 0 Å². The van der Waals surface area contributed by atoms with E-state index in [2.05, 4.69) is 44.6 Å². The van der Waals surface area contributed by atoms with Crippen LogP contribution < -0.4 is 5.32 Å². The molecule has 182 valence electrons. The van der Waals surface area contributed by atoms with E-state index in [4.69, 9.17) is 20.8 Å². The molecule has 1 aliphatic heterocycles. The Morgan fingerprint density at radius 2 is 2.00 bits per heavy atom. The quantitative estimate of drug-likeness (QED) is 0.327. The molecule has 1 saturated heterocycles. The zero-order valence-corrected chi connectivity index (χ0v) is 20.3. The monoisotopic (exact) mass is 492 g/mol. The fraction of sp³-hybridized carbons (Fsp3) is 0.333. The van der Waals surface area contributed by atoms with E-state index in [1.807, 2.05) is 30.3 Å². The number of amides is 1. The molecule has 1 amide bonds. The van der Waals surface area contributed by atoms with Crippen molar-refractivity contribution in [2.24, 2.45) is 0 Å². The second kappa shape index (κ2) is 11.1. The summed E-state index contributed by atoms with van der Waals surface area (Å²) < 4.78 is 11.2. The van der Waals surface area contributed by atoms with Gasteiger partial charge in [-0.3, -0.25) is 9.69 Å². The summed E-state index contributed by atoms with van der Waals surface area (Å²) in [6.45, 7) is 3.13. The molecule has 4 aromatic rings. The summed E-state index contributed by atoms with van der Waals surface area (Å²) in [5, 5.41) is 4.85. The fourth-order valence-corrected chi connectivity index (χ4v) is 4.68. The Balaban J connectivity index is 1.26. The lowest BCUT2D eigenvalue weighted by atomic mass is 10.1. The Morgan fingerprint density at radius 3 is 2.86 bits per heavy atom. The maximum atomic E-state index is 12.5. The van der Waals surface area contributed by atoms with E-state index < -0.39 is 0 Å². The maximum absolute atomic E-state index is 12.5. The molecule has 5 rings (SSSR count). The number of nitrogens with zero attached hydrogens (tertiary/aromatic N) is 2. The van der Waals surface area contributed by atoms with Crippen molar-refractivity contribution >= 4 is 28.4 Å². The van der Waals surface area contributed by atoms with E-state index >= 15 is 0 Å². The molecule has 2 N–H and O–H groups in total. The predicted molar refractivity (Wildman–Crippen MR) is 135 cm³/mol. The van der Waals surface area contributed by atoms with Crippen LogP contribution in [0.4, 0.5) is 0 Å². The number of para-hydroxylation sites is 1. The first kappa shape index (κ1) is 23.6. The number of hydrogen-bond acceptors (Lipinski definition) is 5. The van der Waals surface area contributed by atoms with Gasteiger partial charge in [0.05, 0.1) is 12.6 Å². The van der Waals surface area contributed by atoms with E-state index in [1.165, 1.54) is 17.2 Å². The smallest absolute Gasteiger partial charge is 0.273 e.